The second kappa shape index (κ2) is 5.33. The summed E-state index contributed by atoms with van der Waals surface area (Å²) in [6, 6.07) is 0. The van der Waals surface area contributed by atoms with Crippen molar-refractivity contribution in [2.24, 2.45) is 0 Å². The van der Waals surface area contributed by atoms with E-state index in [0.717, 1.165) is 55.9 Å². The molecular formula is C15H22N6S. The second-order valence-electron chi connectivity index (χ2n) is 6.37. The lowest BCUT2D eigenvalue weighted by molar-refractivity contribution is 0.284. The summed E-state index contributed by atoms with van der Waals surface area (Å²) in [6.45, 7) is 6.05. The maximum absolute atomic E-state index is 8.69. The maximum Gasteiger partial charge on any atom is 0.156 e. The smallest absolute Gasteiger partial charge is 0.156 e. The highest BCUT2D eigenvalue weighted by molar-refractivity contribution is 7.18. The number of piperazine rings is 1. The average molecular weight is 318 g/mol. The first-order chi connectivity index (χ1) is 10.6. The van der Waals surface area contributed by atoms with Crippen LogP contribution in [0.1, 0.15) is 10.4 Å². The SMILES string of the molecule is CN1CCN(n2cnc3sc4c(c3c2=N)CCN(C)C4)CC1. The van der Waals surface area contributed by atoms with Crippen LogP contribution in [0.3, 0.4) is 0 Å². The molecule has 22 heavy (non-hydrogen) atoms. The minimum Gasteiger partial charge on any atom is -0.307 e. The average Bonchev–Trinajstić information content (AvgIpc) is 2.87. The third kappa shape index (κ3) is 2.24. The third-order valence-electron chi connectivity index (χ3n) is 4.76. The van der Waals surface area contributed by atoms with Crippen LogP contribution in [0.25, 0.3) is 10.2 Å². The molecule has 7 heteroatoms. The molecule has 2 aromatic rings. The maximum atomic E-state index is 8.69. The molecule has 118 valence electrons. The molecule has 4 rings (SSSR count). The summed E-state index contributed by atoms with van der Waals surface area (Å²) in [4.78, 5) is 11.7. The van der Waals surface area contributed by atoms with Gasteiger partial charge < -0.3 is 14.8 Å². The van der Waals surface area contributed by atoms with E-state index in [-0.39, 0.29) is 0 Å². The van der Waals surface area contributed by atoms with E-state index in [1.807, 2.05) is 11.0 Å². The van der Waals surface area contributed by atoms with Crippen molar-refractivity contribution < 1.29 is 0 Å². The topological polar surface area (TPSA) is 51.4 Å². The highest BCUT2D eigenvalue weighted by Crippen LogP contribution is 2.31. The number of fused-ring (bicyclic) bond motifs is 3. The molecule has 0 amide bonds. The zero-order valence-electron chi connectivity index (χ0n) is 13.2. The highest BCUT2D eigenvalue weighted by Gasteiger charge is 2.22. The molecule has 1 saturated heterocycles. The van der Waals surface area contributed by atoms with Gasteiger partial charge in [0.2, 0.25) is 0 Å². The minimum absolute atomic E-state index is 0.608. The van der Waals surface area contributed by atoms with Gasteiger partial charge in [-0.25, -0.2) is 9.66 Å². The zero-order chi connectivity index (χ0) is 15.3. The van der Waals surface area contributed by atoms with Crippen LogP contribution in [0.15, 0.2) is 6.33 Å². The molecule has 2 aliphatic heterocycles. The fourth-order valence-corrected chi connectivity index (χ4v) is 4.62. The van der Waals surface area contributed by atoms with Gasteiger partial charge in [-0.3, -0.25) is 5.41 Å². The lowest BCUT2D eigenvalue weighted by Gasteiger charge is -2.34. The number of thiophene rings is 1. The Kier molecular flexibility index (Phi) is 3.43. The zero-order valence-corrected chi connectivity index (χ0v) is 14.0. The van der Waals surface area contributed by atoms with Crippen LogP contribution in [0.5, 0.6) is 0 Å². The van der Waals surface area contributed by atoms with Crippen molar-refractivity contribution >= 4 is 21.6 Å². The van der Waals surface area contributed by atoms with Gasteiger partial charge in [0.1, 0.15) is 11.2 Å². The number of hydrogen-bond acceptors (Lipinski definition) is 6. The Morgan fingerprint density at radius 3 is 2.64 bits per heavy atom. The number of likely N-dealkylation sites (N-methyl/N-ethyl adjacent to an activating group) is 2. The summed E-state index contributed by atoms with van der Waals surface area (Å²) in [5.74, 6) is 0. The fourth-order valence-electron chi connectivity index (χ4n) is 3.36. The van der Waals surface area contributed by atoms with Crippen molar-refractivity contribution in [1.82, 2.24) is 19.5 Å². The summed E-state index contributed by atoms with van der Waals surface area (Å²) in [5, 5.41) is 12.0. The predicted molar refractivity (Wildman–Crippen MR) is 89.0 cm³/mol. The summed E-state index contributed by atoms with van der Waals surface area (Å²) in [6.07, 6.45) is 2.87. The largest absolute Gasteiger partial charge is 0.307 e. The van der Waals surface area contributed by atoms with E-state index < -0.39 is 0 Å². The first-order valence-corrected chi connectivity index (χ1v) is 8.64. The van der Waals surface area contributed by atoms with Gasteiger partial charge in [0.05, 0.1) is 5.39 Å². The van der Waals surface area contributed by atoms with Gasteiger partial charge in [0.25, 0.3) is 0 Å². The van der Waals surface area contributed by atoms with Crippen molar-refractivity contribution in [3.05, 3.63) is 22.3 Å². The molecule has 0 unspecified atom stereocenters. The van der Waals surface area contributed by atoms with Gasteiger partial charge in [0, 0.05) is 44.1 Å². The standard InChI is InChI=1S/C15H22N6S/c1-18-5-7-20(8-6-18)21-10-17-15-13(14(21)16)11-3-4-19(2)9-12(11)22-15/h10,16H,3-9H2,1-2H3. The van der Waals surface area contributed by atoms with Gasteiger partial charge in [-0.05, 0) is 26.1 Å². The summed E-state index contributed by atoms with van der Waals surface area (Å²) in [7, 11) is 4.31. The van der Waals surface area contributed by atoms with E-state index in [0.29, 0.717) is 5.49 Å². The summed E-state index contributed by atoms with van der Waals surface area (Å²) in [5.41, 5.74) is 1.97. The molecule has 0 aliphatic carbocycles. The van der Waals surface area contributed by atoms with Crippen LogP contribution in [-0.4, -0.2) is 66.3 Å². The Morgan fingerprint density at radius 2 is 1.86 bits per heavy atom. The van der Waals surface area contributed by atoms with Crippen LogP contribution in [0.4, 0.5) is 0 Å². The number of hydrogen-bond donors (Lipinski definition) is 1. The Hall–Kier alpha value is -1.44. The van der Waals surface area contributed by atoms with Crippen molar-refractivity contribution in [1.29, 1.82) is 5.41 Å². The summed E-state index contributed by atoms with van der Waals surface area (Å²) < 4.78 is 1.96. The molecule has 2 aromatic heterocycles. The van der Waals surface area contributed by atoms with E-state index in [1.165, 1.54) is 10.4 Å². The Labute approximate surface area is 134 Å². The molecule has 0 spiro atoms. The Balaban J connectivity index is 1.79. The van der Waals surface area contributed by atoms with Gasteiger partial charge in [-0.15, -0.1) is 11.3 Å². The number of nitrogens with one attached hydrogen (secondary N) is 1. The Bertz CT molecular complexity index is 755. The Morgan fingerprint density at radius 1 is 1.09 bits per heavy atom. The monoisotopic (exact) mass is 318 g/mol. The summed E-state index contributed by atoms with van der Waals surface area (Å²) >= 11 is 1.76. The van der Waals surface area contributed by atoms with Crippen LogP contribution < -0.4 is 10.5 Å². The molecule has 0 saturated carbocycles. The molecule has 4 heterocycles. The molecule has 2 aliphatic rings. The lowest BCUT2D eigenvalue weighted by Crippen LogP contribution is -2.53. The van der Waals surface area contributed by atoms with Gasteiger partial charge in [-0.2, -0.15) is 0 Å². The highest BCUT2D eigenvalue weighted by atomic mass is 32.1. The molecule has 0 radical (unpaired) electrons. The van der Waals surface area contributed by atoms with Crippen molar-refractivity contribution in [2.75, 3.05) is 51.8 Å². The quantitative estimate of drug-likeness (QED) is 0.829. The second-order valence-corrected chi connectivity index (χ2v) is 7.45. The number of aromatic nitrogens is 2. The molecule has 1 fully saturated rings. The molecule has 0 bridgehead atoms. The van der Waals surface area contributed by atoms with Crippen molar-refractivity contribution in [3.63, 3.8) is 0 Å². The van der Waals surface area contributed by atoms with Crippen LogP contribution in [0, 0.1) is 5.41 Å². The van der Waals surface area contributed by atoms with Crippen LogP contribution in [-0.2, 0) is 13.0 Å². The molecule has 0 aromatic carbocycles. The van der Waals surface area contributed by atoms with E-state index in [4.69, 9.17) is 5.41 Å². The number of rotatable bonds is 1. The minimum atomic E-state index is 0.608. The van der Waals surface area contributed by atoms with Crippen molar-refractivity contribution in [3.8, 4) is 0 Å². The van der Waals surface area contributed by atoms with E-state index in [1.54, 1.807) is 11.3 Å². The van der Waals surface area contributed by atoms with Crippen LogP contribution >= 0.6 is 11.3 Å². The van der Waals surface area contributed by atoms with E-state index in [2.05, 4.69) is 33.9 Å². The van der Waals surface area contributed by atoms with Gasteiger partial charge in [0.15, 0.2) is 5.49 Å². The van der Waals surface area contributed by atoms with E-state index in [9.17, 15) is 0 Å². The van der Waals surface area contributed by atoms with Crippen LogP contribution in [0.2, 0.25) is 0 Å². The predicted octanol–water partition coefficient (Wildman–Crippen LogP) is 0.449. The molecule has 1 N–H and O–H groups in total. The van der Waals surface area contributed by atoms with E-state index >= 15 is 0 Å². The lowest BCUT2D eigenvalue weighted by atomic mass is 10.1. The molecule has 6 nitrogen and oxygen atoms in total. The first-order valence-electron chi connectivity index (χ1n) is 7.82. The van der Waals surface area contributed by atoms with Crippen molar-refractivity contribution in [2.45, 2.75) is 13.0 Å². The third-order valence-corrected chi connectivity index (χ3v) is 5.89. The fraction of sp³-hybridized carbons (Fsp3) is 0.600. The molecular weight excluding hydrogens is 296 g/mol. The molecule has 0 atom stereocenters. The van der Waals surface area contributed by atoms with Gasteiger partial charge >= 0.3 is 0 Å². The van der Waals surface area contributed by atoms with Gasteiger partial charge in [-0.1, -0.05) is 0 Å². The normalized spacial score (nSPS) is 20.5. The first kappa shape index (κ1) is 14.2. The number of nitrogens with zero attached hydrogens (tertiary/aromatic N) is 5.